The Hall–Kier alpha value is -2.76. The molecule has 0 bridgehead atoms. The van der Waals surface area contributed by atoms with E-state index in [0.717, 1.165) is 50.0 Å². The second-order valence-corrected chi connectivity index (χ2v) is 9.97. The van der Waals surface area contributed by atoms with Gasteiger partial charge in [-0.15, -0.1) is 0 Å². The number of carboxylic acids is 1. The van der Waals surface area contributed by atoms with Gasteiger partial charge in [0.25, 0.3) is 11.5 Å². The zero-order valence-electron chi connectivity index (χ0n) is 19.2. The van der Waals surface area contributed by atoms with Gasteiger partial charge in [0.1, 0.15) is 15.8 Å². The number of carbonyl (C=O) groups is 2. The number of pyridine rings is 1. The van der Waals surface area contributed by atoms with E-state index in [1.54, 1.807) is 18.3 Å². The Labute approximate surface area is 207 Å². The number of nitrogens with zero attached hydrogens (tertiary/aromatic N) is 5. The molecule has 0 spiro atoms. The number of carbonyl (C=O) groups excluding carboxylic acids is 1. The standard InChI is InChI=1S/C23H27N5O4S2/c1-3-25-10-12-26(13-11-25)20-16(21(31)27-8-4-6-15(2)19(27)24-20)14-17-22(32)28(23(33)34-17)9-5-7-18(29)30/h4,6,8,14H,3,5,7,9-13H2,1-2H3,(H,29,30)/b17-14-. The van der Waals surface area contributed by atoms with Crippen LogP contribution in [0.25, 0.3) is 11.7 Å². The van der Waals surface area contributed by atoms with Crippen molar-refractivity contribution in [3.8, 4) is 0 Å². The summed E-state index contributed by atoms with van der Waals surface area (Å²) >= 11 is 6.50. The molecule has 0 aromatic carbocycles. The SMILES string of the molecule is CCN1CCN(c2nc3c(C)cccn3c(=O)c2/C=C2\SC(=S)N(CCCC(=O)O)C2=O)CC1. The molecule has 2 fully saturated rings. The van der Waals surface area contributed by atoms with Crippen molar-refractivity contribution < 1.29 is 14.7 Å². The summed E-state index contributed by atoms with van der Waals surface area (Å²) in [5, 5.41) is 8.88. The number of hydrogen-bond donors (Lipinski definition) is 1. The van der Waals surface area contributed by atoms with Gasteiger partial charge in [0, 0.05) is 45.3 Å². The highest BCUT2D eigenvalue weighted by atomic mass is 32.2. The monoisotopic (exact) mass is 501 g/mol. The molecule has 1 amide bonds. The molecule has 34 heavy (non-hydrogen) atoms. The minimum absolute atomic E-state index is 0.0424. The maximum atomic E-state index is 13.6. The number of likely N-dealkylation sites (N-methyl/N-ethyl adjacent to an activating group) is 1. The van der Waals surface area contributed by atoms with Gasteiger partial charge in [-0.2, -0.15) is 0 Å². The molecular weight excluding hydrogens is 474 g/mol. The Morgan fingerprint density at radius 3 is 2.68 bits per heavy atom. The molecule has 0 aliphatic carbocycles. The van der Waals surface area contributed by atoms with Gasteiger partial charge in [0.2, 0.25) is 0 Å². The minimum Gasteiger partial charge on any atom is -0.481 e. The van der Waals surface area contributed by atoms with Crippen LogP contribution in [0.4, 0.5) is 5.82 Å². The molecule has 0 radical (unpaired) electrons. The molecule has 2 aliphatic rings. The van der Waals surface area contributed by atoms with Crippen LogP contribution in [0.2, 0.25) is 0 Å². The summed E-state index contributed by atoms with van der Waals surface area (Å²) in [5.41, 5.74) is 1.61. The van der Waals surface area contributed by atoms with Gasteiger partial charge in [-0.3, -0.25) is 23.7 Å². The fourth-order valence-corrected chi connectivity index (χ4v) is 5.45. The number of thiocarbonyl (C=S) groups is 1. The highest BCUT2D eigenvalue weighted by Crippen LogP contribution is 2.34. The number of aryl methyl sites for hydroxylation is 1. The fraction of sp³-hybridized carbons (Fsp3) is 0.435. The highest BCUT2D eigenvalue weighted by Gasteiger charge is 2.33. The van der Waals surface area contributed by atoms with E-state index >= 15 is 0 Å². The summed E-state index contributed by atoms with van der Waals surface area (Å²) < 4.78 is 1.88. The average molecular weight is 502 g/mol. The molecule has 2 aliphatic heterocycles. The first-order valence-corrected chi connectivity index (χ1v) is 12.5. The molecule has 180 valence electrons. The van der Waals surface area contributed by atoms with Crippen LogP contribution < -0.4 is 10.5 Å². The number of thioether (sulfide) groups is 1. The van der Waals surface area contributed by atoms with Crippen LogP contribution in [-0.2, 0) is 9.59 Å². The van der Waals surface area contributed by atoms with Gasteiger partial charge < -0.3 is 14.9 Å². The van der Waals surface area contributed by atoms with Gasteiger partial charge in [-0.25, -0.2) is 4.98 Å². The van der Waals surface area contributed by atoms with Gasteiger partial charge in [-0.1, -0.05) is 37.0 Å². The lowest BCUT2D eigenvalue weighted by molar-refractivity contribution is -0.137. The van der Waals surface area contributed by atoms with E-state index in [1.807, 2.05) is 13.0 Å². The van der Waals surface area contributed by atoms with Crippen molar-refractivity contribution >= 4 is 57.7 Å². The Morgan fingerprint density at radius 2 is 2.00 bits per heavy atom. The van der Waals surface area contributed by atoms with Crippen molar-refractivity contribution in [2.24, 2.45) is 0 Å². The number of amides is 1. The molecule has 4 rings (SSSR count). The summed E-state index contributed by atoms with van der Waals surface area (Å²) in [5.74, 6) is -0.651. The second-order valence-electron chi connectivity index (χ2n) is 8.29. The first-order valence-electron chi connectivity index (χ1n) is 11.3. The quantitative estimate of drug-likeness (QED) is 0.452. The summed E-state index contributed by atoms with van der Waals surface area (Å²) in [6.45, 7) is 8.46. The summed E-state index contributed by atoms with van der Waals surface area (Å²) in [7, 11) is 0. The third kappa shape index (κ3) is 4.86. The van der Waals surface area contributed by atoms with Gasteiger partial charge in [0.05, 0.1) is 10.5 Å². The predicted molar refractivity (Wildman–Crippen MR) is 137 cm³/mol. The predicted octanol–water partition coefficient (Wildman–Crippen LogP) is 2.21. The first-order chi connectivity index (χ1) is 16.3. The lowest BCUT2D eigenvalue weighted by atomic mass is 10.2. The fourth-order valence-electron chi connectivity index (χ4n) is 4.16. The number of carboxylic acid groups (broad SMARTS) is 1. The van der Waals surface area contributed by atoms with Crippen molar-refractivity contribution in [3.63, 3.8) is 0 Å². The second kappa shape index (κ2) is 10.2. The molecule has 9 nitrogen and oxygen atoms in total. The van der Waals surface area contributed by atoms with Crippen LogP contribution in [0.5, 0.6) is 0 Å². The highest BCUT2D eigenvalue weighted by molar-refractivity contribution is 8.26. The zero-order valence-corrected chi connectivity index (χ0v) is 20.8. The average Bonchev–Trinajstić information content (AvgIpc) is 3.08. The molecule has 2 aromatic rings. The molecule has 2 aromatic heterocycles. The molecule has 4 heterocycles. The van der Waals surface area contributed by atoms with Crippen LogP contribution in [0.1, 0.15) is 30.9 Å². The van der Waals surface area contributed by atoms with E-state index in [0.29, 0.717) is 32.7 Å². The zero-order chi connectivity index (χ0) is 24.4. The van der Waals surface area contributed by atoms with E-state index in [-0.39, 0.29) is 24.4 Å². The van der Waals surface area contributed by atoms with E-state index in [9.17, 15) is 14.4 Å². The van der Waals surface area contributed by atoms with Crippen LogP contribution >= 0.6 is 24.0 Å². The van der Waals surface area contributed by atoms with Crippen molar-refractivity contribution in [2.45, 2.75) is 26.7 Å². The largest absolute Gasteiger partial charge is 0.481 e. The van der Waals surface area contributed by atoms with Crippen molar-refractivity contribution in [2.75, 3.05) is 44.2 Å². The molecule has 0 unspecified atom stereocenters. The Bertz CT molecular complexity index is 1230. The lowest BCUT2D eigenvalue weighted by Crippen LogP contribution is -2.47. The summed E-state index contributed by atoms with van der Waals surface area (Å²) in [6, 6.07) is 3.72. The van der Waals surface area contributed by atoms with E-state index in [4.69, 9.17) is 22.3 Å². The van der Waals surface area contributed by atoms with Gasteiger partial charge >= 0.3 is 5.97 Å². The Balaban J connectivity index is 1.74. The lowest BCUT2D eigenvalue weighted by Gasteiger charge is -2.35. The van der Waals surface area contributed by atoms with Crippen LogP contribution in [-0.4, -0.2) is 79.8 Å². The summed E-state index contributed by atoms with van der Waals surface area (Å²) in [6.07, 6.45) is 3.55. The first kappa shape index (κ1) is 24.4. The minimum atomic E-state index is -0.917. The molecule has 11 heteroatoms. The van der Waals surface area contributed by atoms with Gasteiger partial charge in [-0.05, 0) is 37.6 Å². The Kier molecular flexibility index (Phi) is 7.34. The number of aliphatic carboxylic acids is 1. The third-order valence-corrected chi connectivity index (χ3v) is 7.48. The van der Waals surface area contributed by atoms with Crippen molar-refractivity contribution in [1.29, 1.82) is 0 Å². The Morgan fingerprint density at radius 1 is 1.26 bits per heavy atom. The smallest absolute Gasteiger partial charge is 0.303 e. The van der Waals surface area contributed by atoms with Gasteiger partial charge in [0.15, 0.2) is 0 Å². The maximum Gasteiger partial charge on any atom is 0.303 e. The molecule has 0 atom stereocenters. The third-order valence-electron chi connectivity index (χ3n) is 6.10. The maximum absolute atomic E-state index is 13.6. The van der Waals surface area contributed by atoms with E-state index < -0.39 is 5.97 Å². The topological polar surface area (TPSA) is 98.5 Å². The number of piperazine rings is 1. The molecular formula is C23H27N5O4S2. The number of aromatic nitrogens is 2. The van der Waals surface area contributed by atoms with Crippen LogP contribution in [0.15, 0.2) is 28.0 Å². The van der Waals surface area contributed by atoms with E-state index in [2.05, 4.69) is 16.7 Å². The number of fused-ring (bicyclic) bond motifs is 1. The van der Waals surface area contributed by atoms with Crippen molar-refractivity contribution in [1.82, 2.24) is 19.2 Å². The van der Waals surface area contributed by atoms with E-state index in [1.165, 1.54) is 9.30 Å². The summed E-state index contributed by atoms with van der Waals surface area (Å²) in [4.78, 5) is 48.5. The van der Waals surface area contributed by atoms with Crippen LogP contribution in [0.3, 0.4) is 0 Å². The number of anilines is 1. The molecule has 2 saturated heterocycles. The normalized spacial score (nSPS) is 18.5. The van der Waals surface area contributed by atoms with Crippen LogP contribution in [0, 0.1) is 6.92 Å². The number of rotatable bonds is 7. The molecule has 1 N–H and O–H groups in total. The van der Waals surface area contributed by atoms with Crippen molar-refractivity contribution in [3.05, 3.63) is 44.7 Å². The number of hydrogen-bond acceptors (Lipinski definition) is 8. The molecule has 0 saturated carbocycles.